The molecule has 3 aliphatic rings. The summed E-state index contributed by atoms with van der Waals surface area (Å²) in [6.07, 6.45) is 0. The van der Waals surface area contributed by atoms with Crippen molar-refractivity contribution in [1.82, 2.24) is 0 Å². The van der Waals surface area contributed by atoms with Crippen molar-refractivity contribution in [1.29, 1.82) is 0 Å². The molecule has 3 aliphatic heterocycles. The summed E-state index contributed by atoms with van der Waals surface area (Å²) in [6.45, 7) is 8.54. The van der Waals surface area contributed by atoms with Gasteiger partial charge in [-0.15, -0.1) is 0 Å². The van der Waals surface area contributed by atoms with Crippen LogP contribution in [0.2, 0.25) is 0 Å². The van der Waals surface area contributed by atoms with Crippen molar-refractivity contribution in [2.24, 2.45) is 0 Å². The van der Waals surface area contributed by atoms with Crippen LogP contribution in [0.5, 0.6) is 23.0 Å². The molecule has 0 amide bonds. The molecule has 3 heterocycles. The van der Waals surface area contributed by atoms with Crippen LogP contribution in [0.25, 0.3) is 0 Å². The molecule has 0 aromatic heterocycles. The lowest BCUT2D eigenvalue weighted by Gasteiger charge is -2.36. The maximum absolute atomic E-state index is 13.1. The van der Waals surface area contributed by atoms with Gasteiger partial charge in [-0.3, -0.25) is 0 Å². The second-order valence-corrected chi connectivity index (χ2v) is 11.9. The van der Waals surface area contributed by atoms with Crippen molar-refractivity contribution < 1.29 is 33.1 Å². The van der Waals surface area contributed by atoms with Crippen LogP contribution in [0.15, 0.2) is 84.9 Å². The monoisotopic (exact) mass is 562 g/mol. The van der Waals surface area contributed by atoms with Crippen molar-refractivity contribution >= 4 is 18.6 Å². The summed E-state index contributed by atoms with van der Waals surface area (Å²) in [4.78, 5) is 13.1. The predicted molar refractivity (Wildman–Crippen MR) is 158 cm³/mol. The molecule has 212 valence electrons. The van der Waals surface area contributed by atoms with E-state index in [0.29, 0.717) is 35.2 Å². The van der Waals surface area contributed by atoms with Gasteiger partial charge in [0.1, 0.15) is 29.6 Å². The van der Waals surface area contributed by atoms with Gasteiger partial charge in [0, 0.05) is 28.8 Å². The van der Waals surface area contributed by atoms with E-state index in [0.717, 1.165) is 27.7 Å². The molecule has 1 saturated heterocycles. The zero-order chi connectivity index (χ0) is 29.3. The highest BCUT2D eigenvalue weighted by Gasteiger charge is 2.54. The Morgan fingerprint density at radius 1 is 0.738 bits per heavy atom. The van der Waals surface area contributed by atoms with Crippen LogP contribution in [-0.4, -0.2) is 31.4 Å². The average molecular weight is 562 g/mol. The minimum absolute atomic E-state index is 0.357. The van der Waals surface area contributed by atoms with Crippen molar-refractivity contribution in [3.8, 4) is 23.0 Å². The van der Waals surface area contributed by atoms with Crippen LogP contribution in [0, 0.1) is 0 Å². The third kappa shape index (κ3) is 4.01. The van der Waals surface area contributed by atoms with Crippen molar-refractivity contribution in [3.63, 3.8) is 0 Å². The van der Waals surface area contributed by atoms with Gasteiger partial charge in [0.2, 0.25) is 0 Å². The highest BCUT2D eigenvalue weighted by Crippen LogP contribution is 2.57. The van der Waals surface area contributed by atoms with Gasteiger partial charge in [0.05, 0.1) is 23.9 Å². The highest BCUT2D eigenvalue weighted by atomic mass is 16.7. The maximum Gasteiger partial charge on any atom is 0.494 e. The minimum Gasteiger partial charge on any atom is -0.497 e. The Kier molecular flexibility index (Phi) is 5.94. The van der Waals surface area contributed by atoms with Gasteiger partial charge in [-0.1, -0.05) is 42.5 Å². The fourth-order valence-corrected chi connectivity index (χ4v) is 5.77. The number of rotatable bonds is 5. The van der Waals surface area contributed by atoms with Crippen molar-refractivity contribution in [2.45, 2.75) is 51.1 Å². The quantitative estimate of drug-likeness (QED) is 0.214. The summed E-state index contributed by atoms with van der Waals surface area (Å²) in [7, 11) is 1.19. The summed E-state index contributed by atoms with van der Waals surface area (Å²) < 4.78 is 36.6. The molecule has 8 heteroatoms. The van der Waals surface area contributed by atoms with E-state index in [1.165, 1.54) is 0 Å². The number of ether oxygens (including phenoxy) is 4. The van der Waals surface area contributed by atoms with Crippen LogP contribution in [0.1, 0.15) is 60.3 Å². The molecule has 7 rings (SSSR count). The first kappa shape index (κ1) is 26.6. The molecule has 0 aliphatic carbocycles. The number of benzene rings is 4. The summed E-state index contributed by atoms with van der Waals surface area (Å²) in [6, 6.07) is 26.7. The number of fused-ring (bicyclic) bond motifs is 6. The van der Waals surface area contributed by atoms with E-state index >= 15 is 0 Å². The summed E-state index contributed by atoms with van der Waals surface area (Å²) in [5.41, 5.74) is 2.84. The van der Waals surface area contributed by atoms with Gasteiger partial charge in [0.25, 0.3) is 0 Å². The molecule has 1 fully saturated rings. The summed E-state index contributed by atoms with van der Waals surface area (Å²) in [5.74, 6) is 2.00. The fraction of sp³-hybridized carbons (Fsp3) is 0.265. The molecule has 42 heavy (non-hydrogen) atoms. The van der Waals surface area contributed by atoms with Crippen LogP contribution in [0.4, 0.5) is 0 Å². The fourth-order valence-electron chi connectivity index (χ4n) is 5.77. The standard InChI is InChI=1S/C34H31BO7/c1-32(2)33(3,4)42-35(41-32)22-12-10-21(11-13-22)20-38-24-15-17-28-30(19-24)39-29-18-23(37-5)14-16-27(29)34(28)26-9-7-6-8-25(26)31(36)40-34/h6-19H,20H2,1-5H3. The zero-order valence-electron chi connectivity index (χ0n) is 24.2. The number of esters is 1. The minimum atomic E-state index is -1.13. The highest BCUT2D eigenvalue weighted by molar-refractivity contribution is 6.62. The summed E-state index contributed by atoms with van der Waals surface area (Å²) >= 11 is 0. The lowest BCUT2D eigenvalue weighted by molar-refractivity contribution is 0.00578. The van der Waals surface area contributed by atoms with Crippen LogP contribution in [0.3, 0.4) is 0 Å². The SMILES string of the molecule is COc1ccc2c(c1)Oc1cc(OCc3ccc(B4OC(C)(C)C(C)(C)O4)cc3)ccc1C21OC(=O)c2ccccc21. The summed E-state index contributed by atoms with van der Waals surface area (Å²) in [5, 5.41) is 0. The molecule has 1 spiro atoms. The predicted octanol–water partition coefficient (Wildman–Crippen LogP) is 6.14. The lowest BCUT2D eigenvalue weighted by atomic mass is 9.77. The third-order valence-corrected chi connectivity index (χ3v) is 8.80. The molecule has 1 unspecified atom stereocenters. The van der Waals surface area contributed by atoms with Gasteiger partial charge in [-0.2, -0.15) is 0 Å². The van der Waals surface area contributed by atoms with Gasteiger partial charge in [0.15, 0.2) is 5.60 Å². The molecule has 4 aromatic rings. The van der Waals surface area contributed by atoms with E-state index in [1.54, 1.807) is 13.2 Å². The smallest absolute Gasteiger partial charge is 0.494 e. The maximum atomic E-state index is 13.1. The van der Waals surface area contributed by atoms with E-state index in [9.17, 15) is 4.79 Å². The number of hydrogen-bond donors (Lipinski definition) is 0. The Bertz CT molecular complexity index is 1700. The average Bonchev–Trinajstić information content (AvgIpc) is 3.40. The second-order valence-electron chi connectivity index (χ2n) is 11.9. The first-order chi connectivity index (χ1) is 20.1. The Hall–Kier alpha value is -4.27. The Morgan fingerprint density at radius 3 is 2.02 bits per heavy atom. The van der Waals surface area contributed by atoms with Crippen molar-refractivity contribution in [3.05, 3.63) is 113 Å². The molecule has 0 radical (unpaired) electrons. The number of hydrogen-bond acceptors (Lipinski definition) is 7. The Morgan fingerprint density at radius 2 is 1.36 bits per heavy atom. The number of carbonyl (C=O) groups is 1. The van der Waals surface area contributed by atoms with Gasteiger partial charge in [-0.25, -0.2) is 4.79 Å². The lowest BCUT2D eigenvalue weighted by Crippen LogP contribution is -2.41. The molecule has 7 nitrogen and oxygen atoms in total. The van der Waals surface area contributed by atoms with Gasteiger partial charge >= 0.3 is 13.1 Å². The molecule has 1 atom stereocenters. The van der Waals surface area contributed by atoms with Crippen LogP contribution >= 0.6 is 0 Å². The molecule has 4 aromatic carbocycles. The largest absolute Gasteiger partial charge is 0.497 e. The molecular formula is C34H31BO7. The number of methoxy groups -OCH3 is 1. The van der Waals surface area contributed by atoms with E-state index in [-0.39, 0.29) is 5.97 Å². The van der Waals surface area contributed by atoms with E-state index < -0.39 is 23.9 Å². The topological polar surface area (TPSA) is 72.5 Å². The van der Waals surface area contributed by atoms with Gasteiger partial charge in [-0.05, 0) is 69.1 Å². The normalized spacial score (nSPS) is 20.8. The molecule has 0 N–H and O–H groups in total. The first-order valence-electron chi connectivity index (χ1n) is 14.0. The number of carbonyl (C=O) groups excluding carboxylic acids is 1. The molecule has 0 bridgehead atoms. The molecular weight excluding hydrogens is 531 g/mol. The zero-order valence-corrected chi connectivity index (χ0v) is 24.2. The third-order valence-electron chi connectivity index (χ3n) is 8.80. The molecule has 0 saturated carbocycles. The van der Waals surface area contributed by atoms with Crippen LogP contribution < -0.4 is 19.7 Å². The van der Waals surface area contributed by atoms with Crippen LogP contribution in [-0.2, 0) is 26.3 Å². The van der Waals surface area contributed by atoms with Gasteiger partial charge < -0.3 is 28.3 Å². The van der Waals surface area contributed by atoms with Crippen molar-refractivity contribution in [2.75, 3.05) is 7.11 Å². The van der Waals surface area contributed by atoms with E-state index in [2.05, 4.69) is 0 Å². The van der Waals surface area contributed by atoms with E-state index in [1.807, 2.05) is 107 Å². The Balaban J connectivity index is 1.17. The first-order valence-corrected chi connectivity index (χ1v) is 14.0. The van der Waals surface area contributed by atoms with E-state index in [4.69, 9.17) is 28.3 Å². The Labute approximate surface area is 245 Å². The second kappa shape index (κ2) is 9.38.